The molecule has 4 nitrogen and oxygen atoms in total. The van der Waals surface area contributed by atoms with Crippen molar-refractivity contribution in [3.05, 3.63) is 36.5 Å². The fourth-order valence-electron chi connectivity index (χ4n) is 5.60. The van der Waals surface area contributed by atoms with Crippen molar-refractivity contribution in [3.63, 3.8) is 0 Å². The van der Waals surface area contributed by atoms with Crippen molar-refractivity contribution in [1.82, 2.24) is 5.32 Å². The van der Waals surface area contributed by atoms with E-state index < -0.39 is 12.1 Å². The van der Waals surface area contributed by atoms with Gasteiger partial charge in [0.15, 0.2) is 0 Å². The molecule has 258 valence electrons. The lowest BCUT2D eigenvalue weighted by molar-refractivity contribution is -0.123. The van der Waals surface area contributed by atoms with E-state index in [2.05, 4.69) is 43.5 Å². The molecule has 0 aliphatic rings. The number of unbranched alkanes of at least 4 members (excludes halogenated alkanes) is 23. The molecule has 2 unspecified atom stereocenters. The van der Waals surface area contributed by atoms with E-state index in [0.717, 1.165) is 32.1 Å². The van der Waals surface area contributed by atoms with Gasteiger partial charge in [0.05, 0.1) is 18.8 Å². The van der Waals surface area contributed by atoms with Crippen molar-refractivity contribution in [1.29, 1.82) is 0 Å². The van der Waals surface area contributed by atoms with Crippen LogP contribution >= 0.6 is 0 Å². The van der Waals surface area contributed by atoms with Gasteiger partial charge in [-0.25, -0.2) is 0 Å². The Morgan fingerprint density at radius 1 is 0.523 bits per heavy atom. The number of rotatable bonds is 34. The highest BCUT2D eigenvalue weighted by Gasteiger charge is 2.17. The fourth-order valence-corrected chi connectivity index (χ4v) is 5.60. The SMILES string of the molecule is CCCCCC/C=C\CCCCCCCCCC(=O)NC(CO)C(O)/C=C/CC/C=C/CCCCCCCCCCCCC. The van der Waals surface area contributed by atoms with Gasteiger partial charge in [-0.1, -0.05) is 166 Å². The number of carbonyl (C=O) groups is 1. The van der Waals surface area contributed by atoms with Gasteiger partial charge < -0.3 is 15.5 Å². The van der Waals surface area contributed by atoms with Crippen LogP contribution in [0, 0.1) is 0 Å². The van der Waals surface area contributed by atoms with Crippen LogP contribution in [0.25, 0.3) is 0 Å². The third kappa shape index (κ3) is 32.0. The van der Waals surface area contributed by atoms with E-state index in [0.29, 0.717) is 6.42 Å². The zero-order chi connectivity index (χ0) is 32.2. The Labute approximate surface area is 274 Å². The average Bonchev–Trinajstić information content (AvgIpc) is 3.03. The second kappa shape index (κ2) is 36.1. The summed E-state index contributed by atoms with van der Waals surface area (Å²) in [5.74, 6) is -0.0803. The van der Waals surface area contributed by atoms with E-state index >= 15 is 0 Å². The lowest BCUT2D eigenvalue weighted by Gasteiger charge is -2.19. The first kappa shape index (κ1) is 42.6. The molecular weight excluding hydrogens is 542 g/mol. The molecule has 0 rings (SSSR count). The first-order chi connectivity index (χ1) is 21.7. The van der Waals surface area contributed by atoms with Crippen LogP contribution in [0.1, 0.15) is 194 Å². The monoisotopic (exact) mass is 618 g/mol. The van der Waals surface area contributed by atoms with E-state index in [1.807, 2.05) is 6.08 Å². The maximum atomic E-state index is 12.3. The number of hydrogen-bond acceptors (Lipinski definition) is 3. The molecule has 0 aromatic heterocycles. The number of aliphatic hydroxyl groups excluding tert-OH is 2. The quantitative estimate of drug-likeness (QED) is 0.0497. The highest BCUT2D eigenvalue weighted by molar-refractivity contribution is 5.76. The number of nitrogens with one attached hydrogen (secondary N) is 1. The lowest BCUT2D eigenvalue weighted by atomic mass is 10.1. The fraction of sp³-hybridized carbons (Fsp3) is 0.825. The topological polar surface area (TPSA) is 69.6 Å². The Morgan fingerprint density at radius 3 is 1.34 bits per heavy atom. The molecule has 0 bridgehead atoms. The zero-order valence-corrected chi connectivity index (χ0v) is 29.4. The van der Waals surface area contributed by atoms with Crippen LogP contribution in [0.4, 0.5) is 0 Å². The maximum Gasteiger partial charge on any atom is 0.220 e. The van der Waals surface area contributed by atoms with Gasteiger partial charge in [0.2, 0.25) is 5.91 Å². The van der Waals surface area contributed by atoms with Crippen LogP contribution < -0.4 is 5.32 Å². The summed E-state index contributed by atoms with van der Waals surface area (Å²) in [6, 6.07) is -0.638. The molecule has 2 atom stereocenters. The lowest BCUT2D eigenvalue weighted by Crippen LogP contribution is -2.45. The zero-order valence-electron chi connectivity index (χ0n) is 29.4. The summed E-state index contributed by atoms with van der Waals surface area (Å²) in [6.07, 6.45) is 46.6. The van der Waals surface area contributed by atoms with Gasteiger partial charge in [0.1, 0.15) is 0 Å². The molecule has 1 amide bonds. The second-order valence-corrected chi connectivity index (χ2v) is 13.0. The van der Waals surface area contributed by atoms with Crippen LogP contribution in [-0.4, -0.2) is 34.9 Å². The molecule has 0 aliphatic heterocycles. The van der Waals surface area contributed by atoms with Crippen molar-refractivity contribution in [3.8, 4) is 0 Å². The van der Waals surface area contributed by atoms with Crippen molar-refractivity contribution >= 4 is 5.91 Å². The Bertz CT molecular complexity index is 672. The van der Waals surface area contributed by atoms with Crippen molar-refractivity contribution in [2.45, 2.75) is 206 Å². The Balaban J connectivity index is 3.67. The van der Waals surface area contributed by atoms with Crippen LogP contribution in [0.5, 0.6) is 0 Å². The smallest absolute Gasteiger partial charge is 0.220 e. The van der Waals surface area contributed by atoms with Gasteiger partial charge >= 0.3 is 0 Å². The third-order valence-corrected chi connectivity index (χ3v) is 8.60. The molecule has 0 aliphatic carbocycles. The van der Waals surface area contributed by atoms with E-state index in [1.54, 1.807) is 6.08 Å². The molecule has 3 N–H and O–H groups in total. The average molecular weight is 618 g/mol. The summed E-state index contributed by atoms with van der Waals surface area (Å²) >= 11 is 0. The van der Waals surface area contributed by atoms with E-state index in [4.69, 9.17) is 0 Å². The highest BCUT2D eigenvalue weighted by Crippen LogP contribution is 2.13. The van der Waals surface area contributed by atoms with Crippen molar-refractivity contribution in [2.24, 2.45) is 0 Å². The van der Waals surface area contributed by atoms with Gasteiger partial charge in [-0.05, 0) is 57.8 Å². The minimum atomic E-state index is -0.861. The number of carbonyl (C=O) groups excluding carboxylic acids is 1. The van der Waals surface area contributed by atoms with Crippen LogP contribution in [0.3, 0.4) is 0 Å². The van der Waals surface area contributed by atoms with E-state index in [1.165, 1.54) is 141 Å². The normalized spacial score (nSPS) is 13.5. The summed E-state index contributed by atoms with van der Waals surface area (Å²) in [6.45, 7) is 4.27. The summed E-state index contributed by atoms with van der Waals surface area (Å²) in [4.78, 5) is 12.3. The minimum absolute atomic E-state index is 0.0803. The molecule has 0 heterocycles. The number of amides is 1. The predicted molar refractivity (Wildman–Crippen MR) is 193 cm³/mol. The molecule has 4 heteroatoms. The molecule has 44 heavy (non-hydrogen) atoms. The van der Waals surface area contributed by atoms with Gasteiger partial charge in [-0.15, -0.1) is 0 Å². The predicted octanol–water partition coefficient (Wildman–Crippen LogP) is 11.5. The Hall–Kier alpha value is -1.39. The van der Waals surface area contributed by atoms with Crippen LogP contribution in [0.2, 0.25) is 0 Å². The second-order valence-electron chi connectivity index (χ2n) is 13.0. The highest BCUT2D eigenvalue weighted by atomic mass is 16.3. The van der Waals surface area contributed by atoms with Gasteiger partial charge in [-0.3, -0.25) is 4.79 Å². The molecule has 0 spiro atoms. The maximum absolute atomic E-state index is 12.3. The minimum Gasteiger partial charge on any atom is -0.394 e. The van der Waals surface area contributed by atoms with Crippen LogP contribution in [0.15, 0.2) is 36.5 Å². The summed E-state index contributed by atoms with van der Waals surface area (Å²) in [7, 11) is 0. The summed E-state index contributed by atoms with van der Waals surface area (Å²) in [5, 5.41) is 22.9. The first-order valence-corrected chi connectivity index (χ1v) is 19.2. The third-order valence-electron chi connectivity index (χ3n) is 8.60. The Kier molecular flexibility index (Phi) is 34.9. The molecule has 0 saturated heterocycles. The molecule has 0 saturated carbocycles. The number of hydrogen-bond donors (Lipinski definition) is 3. The van der Waals surface area contributed by atoms with Gasteiger partial charge in [-0.2, -0.15) is 0 Å². The van der Waals surface area contributed by atoms with Crippen molar-refractivity contribution in [2.75, 3.05) is 6.61 Å². The van der Waals surface area contributed by atoms with Gasteiger partial charge in [0.25, 0.3) is 0 Å². The summed E-state index contributed by atoms with van der Waals surface area (Å²) < 4.78 is 0. The molecule has 0 aromatic carbocycles. The molecular formula is C40H75NO3. The standard InChI is InChI=1S/C40H75NO3/c1-3-5-7-9-11-13-15-17-19-20-22-23-25-27-29-31-33-35-39(43)38(37-42)41-40(44)36-34-32-30-28-26-24-21-18-16-14-12-10-8-6-4-2/h14,16,25,27,33,35,38-39,42-43H,3-13,15,17-24,26,28-32,34,36-37H2,1-2H3,(H,41,44)/b16-14-,27-25+,35-33+. The van der Waals surface area contributed by atoms with E-state index in [-0.39, 0.29) is 12.5 Å². The van der Waals surface area contributed by atoms with Crippen LogP contribution in [-0.2, 0) is 4.79 Å². The molecule has 0 aromatic rings. The number of aliphatic hydroxyl groups is 2. The molecule has 0 radical (unpaired) electrons. The Morgan fingerprint density at radius 2 is 0.886 bits per heavy atom. The van der Waals surface area contributed by atoms with Crippen molar-refractivity contribution < 1.29 is 15.0 Å². The molecule has 0 fully saturated rings. The number of allylic oxidation sites excluding steroid dienone is 5. The van der Waals surface area contributed by atoms with E-state index in [9.17, 15) is 15.0 Å². The summed E-state index contributed by atoms with van der Waals surface area (Å²) in [5.41, 5.74) is 0. The first-order valence-electron chi connectivity index (χ1n) is 19.2. The van der Waals surface area contributed by atoms with Gasteiger partial charge in [0, 0.05) is 6.42 Å². The largest absolute Gasteiger partial charge is 0.394 e.